The lowest BCUT2D eigenvalue weighted by Crippen LogP contribution is -2.19. The van der Waals surface area contributed by atoms with Gasteiger partial charge in [-0.2, -0.15) is 0 Å². The molecular formula is C9H16Cl2O2. The summed E-state index contributed by atoms with van der Waals surface area (Å²) in [6.45, 7) is 2.59. The van der Waals surface area contributed by atoms with Crippen LogP contribution in [0.2, 0.25) is 0 Å². The van der Waals surface area contributed by atoms with E-state index in [1.54, 1.807) is 0 Å². The number of hydrogen-bond acceptors (Lipinski definition) is 2. The third-order valence-corrected chi connectivity index (χ3v) is 2.43. The second-order valence-electron chi connectivity index (χ2n) is 2.85. The molecule has 0 aliphatic carbocycles. The van der Waals surface area contributed by atoms with Gasteiger partial charge >= 0.3 is 5.97 Å². The van der Waals surface area contributed by atoms with Crippen LogP contribution in [0.1, 0.15) is 32.6 Å². The van der Waals surface area contributed by atoms with Crippen LogP contribution in [0.4, 0.5) is 0 Å². The van der Waals surface area contributed by atoms with E-state index >= 15 is 0 Å². The number of hydrogen-bond donors (Lipinski definition) is 0. The highest BCUT2D eigenvalue weighted by atomic mass is 35.5. The number of halogens is 2. The highest BCUT2D eigenvalue weighted by Gasteiger charge is 2.14. The number of esters is 1. The van der Waals surface area contributed by atoms with Crippen LogP contribution >= 0.6 is 23.2 Å². The molecule has 13 heavy (non-hydrogen) atoms. The van der Waals surface area contributed by atoms with Crippen molar-refractivity contribution in [1.82, 2.24) is 0 Å². The molecule has 0 spiro atoms. The summed E-state index contributed by atoms with van der Waals surface area (Å²) in [5.74, 6) is -0.303. The predicted octanol–water partition coefficient (Wildman–Crippen LogP) is 2.96. The van der Waals surface area contributed by atoms with Crippen molar-refractivity contribution in [2.24, 2.45) is 0 Å². The first kappa shape index (κ1) is 13.1. The van der Waals surface area contributed by atoms with Gasteiger partial charge in [-0.15, -0.1) is 23.2 Å². The van der Waals surface area contributed by atoms with E-state index in [-0.39, 0.29) is 5.88 Å². The Balaban J connectivity index is 3.27. The summed E-state index contributed by atoms with van der Waals surface area (Å²) in [5.41, 5.74) is 0. The number of rotatable bonds is 7. The molecular weight excluding hydrogens is 211 g/mol. The van der Waals surface area contributed by atoms with Crippen molar-refractivity contribution in [3.63, 3.8) is 0 Å². The standard InChI is InChI=1S/C9H16Cl2O2/c1-2-3-4-5-6-13-9(12)8(11)7-10/h8H,2-7H2,1H3. The van der Waals surface area contributed by atoms with Crippen LogP contribution in [-0.2, 0) is 9.53 Å². The van der Waals surface area contributed by atoms with E-state index in [4.69, 9.17) is 27.9 Å². The minimum absolute atomic E-state index is 0.106. The molecule has 0 aromatic carbocycles. The maximum atomic E-state index is 11.0. The molecule has 2 nitrogen and oxygen atoms in total. The molecule has 0 aromatic heterocycles. The average Bonchev–Trinajstić information content (AvgIpc) is 2.16. The Morgan fingerprint density at radius 1 is 1.38 bits per heavy atom. The molecule has 0 heterocycles. The molecule has 0 fully saturated rings. The summed E-state index contributed by atoms with van der Waals surface area (Å²) in [4.78, 5) is 11.0. The van der Waals surface area contributed by atoms with Gasteiger partial charge < -0.3 is 4.74 Å². The number of alkyl halides is 2. The molecule has 0 aliphatic heterocycles. The first-order valence-electron chi connectivity index (χ1n) is 4.59. The van der Waals surface area contributed by atoms with Gasteiger partial charge in [-0.05, 0) is 6.42 Å². The van der Waals surface area contributed by atoms with Crippen LogP contribution in [0.25, 0.3) is 0 Å². The van der Waals surface area contributed by atoms with Crippen molar-refractivity contribution in [2.45, 2.75) is 38.0 Å². The molecule has 0 bridgehead atoms. The second kappa shape index (κ2) is 8.64. The van der Waals surface area contributed by atoms with E-state index in [0.717, 1.165) is 12.8 Å². The largest absolute Gasteiger partial charge is 0.465 e. The first-order valence-corrected chi connectivity index (χ1v) is 5.56. The van der Waals surface area contributed by atoms with Crippen LogP contribution in [0.3, 0.4) is 0 Å². The van der Waals surface area contributed by atoms with E-state index in [2.05, 4.69) is 6.92 Å². The third-order valence-electron chi connectivity index (χ3n) is 1.63. The lowest BCUT2D eigenvalue weighted by molar-refractivity contribution is -0.142. The van der Waals surface area contributed by atoms with Crippen LogP contribution in [0.15, 0.2) is 0 Å². The Morgan fingerprint density at radius 2 is 2.08 bits per heavy atom. The fourth-order valence-corrected chi connectivity index (χ4v) is 1.04. The summed E-state index contributed by atoms with van der Waals surface area (Å²) in [7, 11) is 0. The zero-order valence-electron chi connectivity index (χ0n) is 7.89. The van der Waals surface area contributed by atoms with Gasteiger partial charge in [-0.1, -0.05) is 26.2 Å². The molecule has 78 valence electrons. The highest BCUT2D eigenvalue weighted by molar-refractivity contribution is 6.35. The Hall–Kier alpha value is 0.0500. The second-order valence-corrected chi connectivity index (χ2v) is 3.69. The first-order chi connectivity index (χ1) is 6.22. The molecule has 0 saturated heterocycles. The van der Waals surface area contributed by atoms with Crippen LogP contribution < -0.4 is 0 Å². The van der Waals surface area contributed by atoms with Gasteiger partial charge in [-0.3, -0.25) is 4.79 Å². The van der Waals surface area contributed by atoms with Gasteiger partial charge in [0.25, 0.3) is 0 Å². The third kappa shape index (κ3) is 7.15. The van der Waals surface area contributed by atoms with Crippen molar-refractivity contribution in [3.05, 3.63) is 0 Å². The minimum atomic E-state index is -0.701. The summed E-state index contributed by atoms with van der Waals surface area (Å²) in [5, 5.41) is -0.701. The van der Waals surface area contributed by atoms with E-state index in [1.165, 1.54) is 12.8 Å². The molecule has 0 amide bonds. The quantitative estimate of drug-likeness (QED) is 0.379. The SMILES string of the molecule is CCCCCCOC(=O)C(Cl)CCl. The van der Waals surface area contributed by atoms with Gasteiger partial charge in [-0.25, -0.2) is 0 Å². The van der Waals surface area contributed by atoms with Gasteiger partial charge in [0.05, 0.1) is 6.61 Å². The van der Waals surface area contributed by atoms with Crippen molar-refractivity contribution in [3.8, 4) is 0 Å². The Morgan fingerprint density at radius 3 is 2.62 bits per heavy atom. The molecule has 0 radical (unpaired) electrons. The van der Waals surface area contributed by atoms with Gasteiger partial charge in [0, 0.05) is 5.88 Å². The zero-order chi connectivity index (χ0) is 10.1. The number of unbranched alkanes of at least 4 members (excludes halogenated alkanes) is 3. The summed E-state index contributed by atoms with van der Waals surface area (Å²) >= 11 is 10.9. The highest BCUT2D eigenvalue weighted by Crippen LogP contribution is 2.04. The van der Waals surface area contributed by atoms with Crippen LogP contribution in [-0.4, -0.2) is 23.8 Å². The fourth-order valence-electron chi connectivity index (χ4n) is 0.855. The average molecular weight is 227 g/mol. The zero-order valence-corrected chi connectivity index (χ0v) is 9.40. The van der Waals surface area contributed by atoms with E-state index in [0.29, 0.717) is 6.61 Å². The number of carbonyl (C=O) groups excluding carboxylic acids is 1. The normalized spacial score (nSPS) is 12.5. The fraction of sp³-hybridized carbons (Fsp3) is 0.889. The molecule has 0 rings (SSSR count). The summed E-state index contributed by atoms with van der Waals surface area (Å²) in [6, 6.07) is 0. The lowest BCUT2D eigenvalue weighted by Gasteiger charge is -2.06. The lowest BCUT2D eigenvalue weighted by atomic mass is 10.2. The molecule has 0 N–H and O–H groups in total. The van der Waals surface area contributed by atoms with Gasteiger partial charge in [0.1, 0.15) is 5.38 Å². The van der Waals surface area contributed by atoms with E-state index in [1.807, 2.05) is 0 Å². The maximum absolute atomic E-state index is 11.0. The predicted molar refractivity (Wildman–Crippen MR) is 55.5 cm³/mol. The molecule has 0 saturated carbocycles. The maximum Gasteiger partial charge on any atom is 0.325 e. The summed E-state index contributed by atoms with van der Waals surface area (Å²) in [6.07, 6.45) is 4.36. The Kier molecular flexibility index (Phi) is 8.67. The van der Waals surface area contributed by atoms with E-state index < -0.39 is 11.3 Å². The van der Waals surface area contributed by atoms with E-state index in [9.17, 15) is 4.79 Å². The van der Waals surface area contributed by atoms with Crippen molar-refractivity contribution < 1.29 is 9.53 Å². The molecule has 0 aliphatic rings. The Bertz CT molecular complexity index is 140. The van der Waals surface area contributed by atoms with Crippen LogP contribution in [0.5, 0.6) is 0 Å². The monoisotopic (exact) mass is 226 g/mol. The molecule has 4 heteroatoms. The molecule has 1 atom stereocenters. The van der Waals surface area contributed by atoms with Gasteiger partial charge in [0.2, 0.25) is 0 Å². The topological polar surface area (TPSA) is 26.3 Å². The minimum Gasteiger partial charge on any atom is -0.465 e. The van der Waals surface area contributed by atoms with Crippen LogP contribution in [0, 0.1) is 0 Å². The van der Waals surface area contributed by atoms with Gasteiger partial charge in [0.15, 0.2) is 0 Å². The van der Waals surface area contributed by atoms with Crippen molar-refractivity contribution in [1.29, 1.82) is 0 Å². The van der Waals surface area contributed by atoms with Crippen molar-refractivity contribution in [2.75, 3.05) is 12.5 Å². The Labute approximate surface area is 89.5 Å². The smallest absolute Gasteiger partial charge is 0.325 e. The number of carbonyl (C=O) groups is 1. The molecule has 1 unspecified atom stereocenters. The summed E-state index contributed by atoms with van der Waals surface area (Å²) < 4.78 is 4.89. The number of ether oxygens (including phenoxy) is 1. The molecule has 0 aromatic rings. The van der Waals surface area contributed by atoms with Crippen molar-refractivity contribution >= 4 is 29.2 Å².